The molecule has 1 aromatic carbocycles. The Labute approximate surface area is 200 Å². The van der Waals surface area contributed by atoms with Gasteiger partial charge in [-0.2, -0.15) is 5.10 Å². The fraction of sp³-hybridized carbons (Fsp3) is 0.455. The molecule has 0 saturated carbocycles. The minimum atomic E-state index is -4.37. The van der Waals surface area contributed by atoms with Crippen molar-refractivity contribution in [2.75, 3.05) is 10.7 Å². The quantitative estimate of drug-likeness (QED) is 0.440. The number of rotatable bonds is 9. The average Bonchev–Trinajstić information content (AvgIpc) is 3.25. The second kappa shape index (κ2) is 10.1. The number of halogens is 2. The van der Waals surface area contributed by atoms with E-state index in [2.05, 4.69) is 10.1 Å². The third-order valence-electron chi connectivity index (χ3n) is 5.42. The summed E-state index contributed by atoms with van der Waals surface area (Å²) in [5.74, 6) is -0.949. The molecule has 3 rings (SSSR count). The van der Waals surface area contributed by atoms with Gasteiger partial charge in [-0.15, -0.1) is 9.09 Å². The second-order valence-electron chi connectivity index (χ2n) is 8.44. The van der Waals surface area contributed by atoms with Crippen LogP contribution in [0.4, 0.5) is 8.78 Å². The number of nitrogens with zero attached hydrogens (tertiary/aromatic N) is 4. The lowest BCUT2D eigenvalue weighted by Crippen LogP contribution is -2.55. The lowest BCUT2D eigenvalue weighted by atomic mass is 10.0. The molecular weight excluding hydrogens is 484 g/mol. The summed E-state index contributed by atoms with van der Waals surface area (Å²) in [7, 11) is -4.37. The van der Waals surface area contributed by atoms with Gasteiger partial charge in [-0.1, -0.05) is 19.8 Å². The number of benzene rings is 1. The van der Waals surface area contributed by atoms with E-state index in [1.807, 2.05) is 6.92 Å². The molecule has 0 bridgehead atoms. The first-order valence-electron chi connectivity index (χ1n) is 11.1. The van der Waals surface area contributed by atoms with Crippen molar-refractivity contribution in [3.63, 3.8) is 0 Å². The standard InChI is InChI=1S/C22H27F2N5O5S/c1-5-6-7-8-19(30)29(35(4,33)34)28-21(31)16-11-14(18-9-10-25-27(18)13(2)3)15(20(23)24)12-17(16)26-22(28)32/h9-13,20H,5-8H2,1-4H3,(H,26,32). The summed E-state index contributed by atoms with van der Waals surface area (Å²) in [5.41, 5.74) is -2.71. The largest absolute Gasteiger partial charge is 0.349 e. The zero-order chi connectivity index (χ0) is 26.1. The zero-order valence-electron chi connectivity index (χ0n) is 19.8. The van der Waals surface area contributed by atoms with Crippen LogP contribution < -0.4 is 15.7 Å². The Balaban J connectivity index is 2.32. The first-order valence-corrected chi connectivity index (χ1v) is 12.9. The second-order valence-corrected chi connectivity index (χ2v) is 10.3. The smallest absolute Gasteiger partial charge is 0.305 e. The number of hydrogen-bond donors (Lipinski definition) is 1. The van der Waals surface area contributed by atoms with Crippen molar-refractivity contribution in [2.45, 2.75) is 58.9 Å². The van der Waals surface area contributed by atoms with E-state index in [4.69, 9.17) is 0 Å². The molecule has 0 radical (unpaired) electrons. The van der Waals surface area contributed by atoms with E-state index in [-0.39, 0.29) is 38.0 Å². The van der Waals surface area contributed by atoms with Gasteiger partial charge in [0.25, 0.3) is 27.9 Å². The Bertz CT molecular complexity index is 1470. The fourth-order valence-corrected chi connectivity index (χ4v) is 4.75. The number of amides is 1. The van der Waals surface area contributed by atoms with Crippen molar-refractivity contribution >= 4 is 26.8 Å². The summed E-state index contributed by atoms with van der Waals surface area (Å²) in [6.07, 6.45) is 0.772. The van der Waals surface area contributed by atoms with Crippen LogP contribution in [0.2, 0.25) is 0 Å². The van der Waals surface area contributed by atoms with E-state index >= 15 is 0 Å². The third kappa shape index (κ3) is 5.19. The predicted octanol–water partition coefficient (Wildman–Crippen LogP) is 3.08. The van der Waals surface area contributed by atoms with E-state index in [0.717, 1.165) is 18.6 Å². The molecule has 10 nitrogen and oxygen atoms in total. The molecular formula is C22H27F2N5O5S. The van der Waals surface area contributed by atoms with Gasteiger partial charge < -0.3 is 4.98 Å². The summed E-state index contributed by atoms with van der Waals surface area (Å²) in [4.78, 5) is 41.1. The molecule has 0 aliphatic rings. The summed E-state index contributed by atoms with van der Waals surface area (Å²) in [6, 6.07) is 3.46. The highest BCUT2D eigenvalue weighted by Gasteiger charge is 2.29. The number of hydrogen-bond acceptors (Lipinski definition) is 6. The van der Waals surface area contributed by atoms with Gasteiger partial charge in [0.05, 0.1) is 22.9 Å². The molecule has 0 aliphatic carbocycles. The number of alkyl halides is 2. The number of sulfonamides is 1. The average molecular weight is 512 g/mol. The Morgan fingerprint density at radius 3 is 2.46 bits per heavy atom. The molecule has 0 saturated heterocycles. The molecule has 2 heterocycles. The van der Waals surface area contributed by atoms with Gasteiger partial charge in [0, 0.05) is 29.8 Å². The predicted molar refractivity (Wildman–Crippen MR) is 128 cm³/mol. The van der Waals surface area contributed by atoms with Gasteiger partial charge in [-0.25, -0.2) is 22.0 Å². The Kier molecular flexibility index (Phi) is 7.58. The first kappa shape index (κ1) is 26.3. The van der Waals surface area contributed by atoms with Crippen LogP contribution in [0, 0.1) is 0 Å². The number of carbonyl (C=O) groups is 1. The van der Waals surface area contributed by atoms with E-state index in [1.165, 1.54) is 16.9 Å². The maximum atomic E-state index is 14.0. The molecule has 190 valence electrons. The molecule has 3 aromatic rings. The van der Waals surface area contributed by atoms with Crippen molar-refractivity contribution < 1.29 is 22.0 Å². The first-order chi connectivity index (χ1) is 16.4. The maximum absolute atomic E-state index is 14.0. The van der Waals surface area contributed by atoms with Crippen LogP contribution in [0.15, 0.2) is 34.0 Å². The monoisotopic (exact) mass is 511 g/mol. The van der Waals surface area contributed by atoms with Crippen molar-refractivity contribution in [3.8, 4) is 11.3 Å². The van der Waals surface area contributed by atoms with Crippen LogP contribution in [0.25, 0.3) is 22.2 Å². The highest BCUT2D eigenvalue weighted by Crippen LogP contribution is 2.34. The van der Waals surface area contributed by atoms with Crippen LogP contribution in [0.3, 0.4) is 0 Å². The number of fused-ring (bicyclic) bond motifs is 1. The lowest BCUT2D eigenvalue weighted by molar-refractivity contribution is -0.118. The highest BCUT2D eigenvalue weighted by molar-refractivity contribution is 7.92. The molecule has 1 N–H and O–H groups in total. The summed E-state index contributed by atoms with van der Waals surface area (Å²) in [5, 5.41) is 3.90. The number of unbranched alkanes of at least 4 members (excludes halogenated alkanes) is 2. The summed E-state index contributed by atoms with van der Waals surface area (Å²) >= 11 is 0. The number of aromatic amines is 1. The highest BCUT2D eigenvalue weighted by atomic mass is 32.2. The molecule has 35 heavy (non-hydrogen) atoms. The van der Waals surface area contributed by atoms with Crippen LogP contribution in [-0.4, -0.2) is 40.0 Å². The lowest BCUT2D eigenvalue weighted by Gasteiger charge is -2.21. The molecule has 0 spiro atoms. The van der Waals surface area contributed by atoms with E-state index in [9.17, 15) is 31.6 Å². The molecule has 0 aliphatic heterocycles. The van der Waals surface area contributed by atoms with E-state index in [0.29, 0.717) is 24.8 Å². The molecule has 0 fully saturated rings. The number of nitrogens with one attached hydrogen (secondary N) is 1. The van der Waals surface area contributed by atoms with Gasteiger partial charge in [0.2, 0.25) is 0 Å². The Hall–Kier alpha value is -3.35. The molecule has 2 aromatic heterocycles. The van der Waals surface area contributed by atoms with Crippen molar-refractivity contribution in [1.82, 2.24) is 19.4 Å². The van der Waals surface area contributed by atoms with Gasteiger partial charge in [-0.3, -0.25) is 14.3 Å². The zero-order valence-corrected chi connectivity index (χ0v) is 20.6. The van der Waals surface area contributed by atoms with Gasteiger partial charge in [0.1, 0.15) is 0 Å². The summed E-state index contributed by atoms with van der Waals surface area (Å²) < 4.78 is 54.7. The third-order valence-corrected chi connectivity index (χ3v) is 6.42. The summed E-state index contributed by atoms with van der Waals surface area (Å²) in [6.45, 7) is 5.50. The van der Waals surface area contributed by atoms with Crippen LogP contribution >= 0.6 is 0 Å². The van der Waals surface area contributed by atoms with Crippen LogP contribution in [0.1, 0.15) is 64.5 Å². The van der Waals surface area contributed by atoms with Gasteiger partial charge in [-0.05, 0) is 38.5 Å². The van der Waals surface area contributed by atoms with Crippen molar-refractivity contribution in [1.29, 1.82) is 0 Å². The normalized spacial score (nSPS) is 12.1. The van der Waals surface area contributed by atoms with E-state index in [1.54, 1.807) is 13.8 Å². The maximum Gasteiger partial charge on any atom is 0.349 e. The van der Waals surface area contributed by atoms with Crippen LogP contribution in [0.5, 0.6) is 0 Å². The topological polar surface area (TPSA) is 127 Å². The van der Waals surface area contributed by atoms with Gasteiger partial charge in [0.15, 0.2) is 0 Å². The SMILES string of the molecule is CCCCCC(=O)N(n1c(=O)[nH]c2cc(C(F)F)c(-c3ccnn3C(C)C)cc2c1=O)S(C)(=O)=O. The van der Waals surface area contributed by atoms with Crippen LogP contribution in [-0.2, 0) is 14.8 Å². The molecule has 0 atom stereocenters. The molecule has 1 amide bonds. The minimum absolute atomic E-state index is 0.00502. The fourth-order valence-electron chi connectivity index (χ4n) is 3.84. The number of aromatic nitrogens is 4. The molecule has 0 unspecified atom stereocenters. The number of carbonyl (C=O) groups excluding carboxylic acids is 1. The van der Waals surface area contributed by atoms with Crippen molar-refractivity contribution in [3.05, 3.63) is 50.8 Å². The molecule has 13 heteroatoms. The Morgan fingerprint density at radius 2 is 1.89 bits per heavy atom. The van der Waals surface area contributed by atoms with Crippen molar-refractivity contribution in [2.24, 2.45) is 0 Å². The van der Waals surface area contributed by atoms with E-state index < -0.39 is 39.2 Å². The number of H-pyrrole nitrogens is 1. The Morgan fingerprint density at radius 1 is 1.20 bits per heavy atom. The minimum Gasteiger partial charge on any atom is -0.305 e. The van der Waals surface area contributed by atoms with Gasteiger partial charge >= 0.3 is 5.69 Å².